The summed E-state index contributed by atoms with van der Waals surface area (Å²) in [5.41, 5.74) is 0.978. The van der Waals surface area contributed by atoms with Crippen molar-refractivity contribution in [1.82, 2.24) is 5.32 Å². The van der Waals surface area contributed by atoms with Gasteiger partial charge in [-0.15, -0.1) is 0 Å². The van der Waals surface area contributed by atoms with Crippen LogP contribution in [-0.2, 0) is 9.05 Å². The van der Waals surface area contributed by atoms with Gasteiger partial charge in [0.1, 0.15) is 0 Å². The molecule has 0 aromatic heterocycles. The van der Waals surface area contributed by atoms with E-state index in [1.165, 1.54) is 12.1 Å². The molecule has 21 heavy (non-hydrogen) atoms. The Morgan fingerprint density at radius 3 is 2.43 bits per heavy atom. The number of nitrogens with one attached hydrogen (secondary N) is 1. The molecule has 0 bridgehead atoms. The number of carbonyl (C=O) groups excluding carboxylic acids is 1. The van der Waals surface area contributed by atoms with Crippen molar-refractivity contribution in [3.63, 3.8) is 0 Å². The third kappa shape index (κ3) is 4.69. The minimum Gasteiger partial charge on any atom is -0.349 e. The van der Waals surface area contributed by atoms with Gasteiger partial charge < -0.3 is 5.32 Å². The Balaban J connectivity index is 3.18. The fourth-order valence-corrected chi connectivity index (χ4v) is 3.21. The first-order chi connectivity index (χ1) is 9.57. The summed E-state index contributed by atoms with van der Waals surface area (Å²) in [5.74, 6) is 0.0285. The fraction of sp³-hybridized carbons (Fsp3) is 0.500. The van der Waals surface area contributed by atoms with Crippen LogP contribution in [0.4, 0.5) is 0 Å². The zero-order chi connectivity index (χ0) is 16.4. The fourth-order valence-electron chi connectivity index (χ4n) is 1.81. The normalized spacial score (nSPS) is 14.6. The third-order valence-electron chi connectivity index (χ3n) is 3.70. The van der Waals surface area contributed by atoms with Crippen LogP contribution < -0.4 is 5.32 Å². The molecule has 0 spiro atoms. The molecule has 0 saturated heterocycles. The van der Waals surface area contributed by atoms with Crippen LogP contribution in [0, 0.1) is 12.8 Å². The maximum atomic E-state index is 12.4. The molecule has 2 unspecified atom stereocenters. The van der Waals surface area contributed by atoms with E-state index >= 15 is 0 Å². The molecule has 0 radical (unpaired) electrons. The molecule has 0 fully saturated rings. The van der Waals surface area contributed by atoms with E-state index in [2.05, 4.69) is 28.2 Å². The SMILES string of the molecule is CCC(C)C(C)NC(=O)c1cc(S(=O)(=O)Cl)cc(Br)c1C. The van der Waals surface area contributed by atoms with E-state index in [4.69, 9.17) is 10.7 Å². The lowest BCUT2D eigenvalue weighted by Gasteiger charge is -2.20. The predicted octanol–water partition coefficient (Wildman–Crippen LogP) is 3.85. The molecule has 0 heterocycles. The largest absolute Gasteiger partial charge is 0.349 e. The topological polar surface area (TPSA) is 63.2 Å². The van der Waals surface area contributed by atoms with Crippen LogP contribution in [0.15, 0.2) is 21.5 Å². The van der Waals surface area contributed by atoms with Gasteiger partial charge >= 0.3 is 0 Å². The van der Waals surface area contributed by atoms with Crippen molar-refractivity contribution in [3.05, 3.63) is 27.7 Å². The highest BCUT2D eigenvalue weighted by molar-refractivity contribution is 9.10. The van der Waals surface area contributed by atoms with Gasteiger partial charge in [-0.3, -0.25) is 4.79 Å². The van der Waals surface area contributed by atoms with Gasteiger partial charge in [0, 0.05) is 26.8 Å². The van der Waals surface area contributed by atoms with E-state index in [0.717, 1.165) is 6.42 Å². The number of halogens is 2. The zero-order valence-corrected chi connectivity index (χ0v) is 15.6. The summed E-state index contributed by atoms with van der Waals surface area (Å²) in [7, 11) is 1.47. The predicted molar refractivity (Wildman–Crippen MR) is 88.3 cm³/mol. The number of amides is 1. The third-order valence-corrected chi connectivity index (χ3v) is 5.86. The number of hydrogen-bond donors (Lipinski definition) is 1. The number of benzene rings is 1. The molecule has 1 rings (SSSR count). The average Bonchev–Trinajstić information content (AvgIpc) is 2.39. The van der Waals surface area contributed by atoms with Crippen molar-refractivity contribution >= 4 is 41.6 Å². The summed E-state index contributed by atoms with van der Waals surface area (Å²) < 4.78 is 23.5. The lowest BCUT2D eigenvalue weighted by molar-refractivity contribution is 0.0927. The highest BCUT2D eigenvalue weighted by Gasteiger charge is 2.20. The Hall–Kier alpha value is -0.590. The van der Waals surface area contributed by atoms with Gasteiger partial charge in [-0.25, -0.2) is 8.42 Å². The van der Waals surface area contributed by atoms with E-state index in [9.17, 15) is 13.2 Å². The second-order valence-corrected chi connectivity index (χ2v) is 8.58. The van der Waals surface area contributed by atoms with Crippen LogP contribution >= 0.6 is 26.6 Å². The molecule has 118 valence electrons. The lowest BCUT2D eigenvalue weighted by atomic mass is 10.00. The van der Waals surface area contributed by atoms with Crippen molar-refractivity contribution in [3.8, 4) is 0 Å². The van der Waals surface area contributed by atoms with Crippen LogP contribution in [0.3, 0.4) is 0 Å². The molecule has 1 aromatic rings. The Morgan fingerprint density at radius 2 is 1.95 bits per heavy atom. The average molecular weight is 397 g/mol. The molecule has 1 N–H and O–H groups in total. The first-order valence-corrected chi connectivity index (χ1v) is 9.73. The summed E-state index contributed by atoms with van der Waals surface area (Å²) in [5, 5.41) is 2.90. The van der Waals surface area contributed by atoms with Crippen molar-refractivity contribution in [2.45, 2.75) is 45.1 Å². The molecule has 0 aliphatic rings. The summed E-state index contributed by atoms with van der Waals surface area (Å²) in [4.78, 5) is 12.3. The summed E-state index contributed by atoms with van der Waals surface area (Å²) in [6, 6.07) is 2.70. The summed E-state index contributed by atoms with van der Waals surface area (Å²) >= 11 is 3.26. The number of hydrogen-bond acceptors (Lipinski definition) is 3. The van der Waals surface area contributed by atoms with Crippen LogP contribution in [0.5, 0.6) is 0 Å². The Bertz CT molecular complexity index is 646. The lowest BCUT2D eigenvalue weighted by Crippen LogP contribution is -2.37. The Kier molecular flexibility index (Phi) is 6.25. The molecule has 0 aliphatic carbocycles. The smallest absolute Gasteiger partial charge is 0.261 e. The van der Waals surface area contributed by atoms with Crippen LogP contribution in [0.2, 0.25) is 0 Å². The van der Waals surface area contributed by atoms with Gasteiger partial charge in [0.15, 0.2) is 0 Å². The van der Waals surface area contributed by atoms with Crippen LogP contribution in [0.25, 0.3) is 0 Å². The molecular weight excluding hydrogens is 378 g/mol. The van der Waals surface area contributed by atoms with E-state index in [1.54, 1.807) is 6.92 Å². The number of rotatable bonds is 5. The minimum atomic E-state index is -3.89. The maximum absolute atomic E-state index is 12.4. The highest BCUT2D eigenvalue weighted by Crippen LogP contribution is 2.27. The van der Waals surface area contributed by atoms with Crippen LogP contribution in [-0.4, -0.2) is 20.4 Å². The molecule has 1 amide bonds. The van der Waals surface area contributed by atoms with E-state index < -0.39 is 9.05 Å². The van der Waals surface area contributed by atoms with Crippen molar-refractivity contribution in [1.29, 1.82) is 0 Å². The second kappa shape index (κ2) is 7.11. The molecule has 2 atom stereocenters. The van der Waals surface area contributed by atoms with Gasteiger partial charge in [-0.05, 0) is 37.5 Å². The number of carbonyl (C=O) groups is 1. The Morgan fingerprint density at radius 1 is 1.38 bits per heavy atom. The van der Waals surface area contributed by atoms with Crippen LogP contribution in [0.1, 0.15) is 43.1 Å². The molecule has 7 heteroatoms. The van der Waals surface area contributed by atoms with Crippen molar-refractivity contribution in [2.24, 2.45) is 5.92 Å². The highest BCUT2D eigenvalue weighted by atomic mass is 79.9. The van der Waals surface area contributed by atoms with Crippen molar-refractivity contribution < 1.29 is 13.2 Å². The van der Waals surface area contributed by atoms with Gasteiger partial charge in [-0.2, -0.15) is 0 Å². The molecule has 0 aliphatic heterocycles. The first kappa shape index (κ1) is 18.5. The van der Waals surface area contributed by atoms with Gasteiger partial charge in [0.2, 0.25) is 0 Å². The maximum Gasteiger partial charge on any atom is 0.261 e. The van der Waals surface area contributed by atoms with Crippen molar-refractivity contribution in [2.75, 3.05) is 0 Å². The van der Waals surface area contributed by atoms with Gasteiger partial charge in [0.05, 0.1) is 4.90 Å². The van der Waals surface area contributed by atoms with E-state index in [-0.39, 0.29) is 16.8 Å². The van der Waals surface area contributed by atoms with Gasteiger partial charge in [0.25, 0.3) is 15.0 Å². The first-order valence-electron chi connectivity index (χ1n) is 6.63. The second-order valence-electron chi connectivity index (χ2n) is 5.16. The van der Waals surface area contributed by atoms with E-state index in [1.807, 2.05) is 13.8 Å². The van der Waals surface area contributed by atoms with Gasteiger partial charge in [-0.1, -0.05) is 36.2 Å². The summed E-state index contributed by atoms with van der Waals surface area (Å²) in [6.07, 6.45) is 0.945. The minimum absolute atomic E-state index is 0.00283. The molecule has 0 saturated carbocycles. The molecule has 4 nitrogen and oxygen atoms in total. The molecular formula is C14H19BrClNO3S. The molecule has 1 aromatic carbocycles. The summed E-state index contributed by atoms with van der Waals surface area (Å²) in [6.45, 7) is 7.78. The Labute approximate surface area is 138 Å². The monoisotopic (exact) mass is 395 g/mol. The standard InChI is InChI=1S/C14H19BrClNO3S/c1-5-8(2)10(4)17-14(18)12-6-11(21(16,19)20)7-13(15)9(12)3/h6-8,10H,5H2,1-4H3,(H,17,18). The quantitative estimate of drug-likeness (QED) is 0.769. The van der Waals surface area contributed by atoms with E-state index in [0.29, 0.717) is 21.5 Å². The zero-order valence-electron chi connectivity index (χ0n) is 12.4.